The molecule has 0 bridgehead atoms. The summed E-state index contributed by atoms with van der Waals surface area (Å²) in [5.74, 6) is 3.15. The van der Waals surface area contributed by atoms with Gasteiger partial charge in [0, 0.05) is 0 Å². The molecule has 0 radical (unpaired) electrons. The third-order valence-corrected chi connectivity index (χ3v) is 2.75. The number of hydrogen-bond donors (Lipinski definition) is 0. The predicted octanol–water partition coefficient (Wildman–Crippen LogP) is 3.00. The van der Waals surface area contributed by atoms with Crippen molar-refractivity contribution in [2.45, 2.75) is 32.6 Å². The highest BCUT2D eigenvalue weighted by atomic mass is 14.4. The fraction of sp³-hybridized carbons (Fsp3) is 0.800. The zero-order valence-electron chi connectivity index (χ0n) is 6.72. The molecule has 0 atom stereocenters. The maximum Gasteiger partial charge on any atom is -0.0177 e. The molecular formula is C10H16. The maximum absolute atomic E-state index is 2.44. The molecule has 2 fully saturated rings. The molecule has 0 N–H and O–H groups in total. The van der Waals surface area contributed by atoms with Crippen molar-refractivity contribution in [3.8, 4) is 0 Å². The van der Waals surface area contributed by atoms with E-state index in [9.17, 15) is 0 Å². The van der Waals surface area contributed by atoms with Gasteiger partial charge in [-0.25, -0.2) is 0 Å². The second-order valence-corrected chi connectivity index (χ2v) is 3.78. The zero-order valence-corrected chi connectivity index (χ0v) is 6.72. The predicted molar refractivity (Wildman–Crippen MR) is 43.8 cm³/mol. The molecule has 56 valence electrons. The molecule has 2 saturated carbocycles. The lowest BCUT2D eigenvalue weighted by molar-refractivity contribution is 0.501. The van der Waals surface area contributed by atoms with E-state index in [0.29, 0.717) is 0 Å². The standard InChI is InChI=1S/C10H16/c1-2-3-10(8-4-5-8)9-6-7-9/h2-3,8-10H,4-7H2,1H3. The Kier molecular flexibility index (Phi) is 1.55. The number of hydrogen-bond acceptors (Lipinski definition) is 0. The van der Waals surface area contributed by atoms with Gasteiger partial charge in [-0.1, -0.05) is 12.2 Å². The molecule has 0 heterocycles. The Hall–Kier alpha value is -0.260. The lowest BCUT2D eigenvalue weighted by Crippen LogP contribution is -2.00. The normalized spacial score (nSPS) is 26.6. The Morgan fingerprint density at radius 1 is 1.10 bits per heavy atom. The molecule has 2 rings (SSSR count). The lowest BCUT2D eigenvalue weighted by atomic mass is 9.98. The molecule has 2 aliphatic carbocycles. The number of rotatable bonds is 3. The average molecular weight is 136 g/mol. The van der Waals surface area contributed by atoms with Crippen LogP contribution in [0, 0.1) is 17.8 Å². The molecule has 0 amide bonds. The van der Waals surface area contributed by atoms with Crippen molar-refractivity contribution in [3.63, 3.8) is 0 Å². The highest BCUT2D eigenvalue weighted by Gasteiger charge is 2.39. The van der Waals surface area contributed by atoms with Crippen molar-refractivity contribution in [1.29, 1.82) is 0 Å². The van der Waals surface area contributed by atoms with Gasteiger partial charge in [-0.2, -0.15) is 0 Å². The first-order chi connectivity index (χ1) is 4.92. The van der Waals surface area contributed by atoms with Crippen molar-refractivity contribution < 1.29 is 0 Å². The summed E-state index contributed by atoms with van der Waals surface area (Å²) in [4.78, 5) is 0. The second-order valence-electron chi connectivity index (χ2n) is 3.78. The molecule has 0 aliphatic heterocycles. The summed E-state index contributed by atoms with van der Waals surface area (Å²) in [7, 11) is 0. The highest BCUT2D eigenvalue weighted by Crippen LogP contribution is 2.49. The molecule has 0 aromatic rings. The zero-order chi connectivity index (χ0) is 6.97. The van der Waals surface area contributed by atoms with E-state index in [1.807, 2.05) is 0 Å². The summed E-state index contributed by atoms with van der Waals surface area (Å²) < 4.78 is 0. The minimum absolute atomic E-state index is 0.977. The summed E-state index contributed by atoms with van der Waals surface area (Å²) in [6.45, 7) is 2.15. The summed E-state index contributed by atoms with van der Waals surface area (Å²) >= 11 is 0. The van der Waals surface area contributed by atoms with E-state index in [-0.39, 0.29) is 0 Å². The third-order valence-electron chi connectivity index (χ3n) is 2.75. The van der Waals surface area contributed by atoms with E-state index >= 15 is 0 Å². The van der Waals surface area contributed by atoms with E-state index in [1.165, 1.54) is 25.7 Å². The summed E-state index contributed by atoms with van der Waals surface area (Å²) in [5.41, 5.74) is 0. The molecular weight excluding hydrogens is 120 g/mol. The van der Waals surface area contributed by atoms with Crippen LogP contribution in [0.1, 0.15) is 32.6 Å². The summed E-state index contributed by atoms with van der Waals surface area (Å²) in [5, 5.41) is 0. The first-order valence-electron chi connectivity index (χ1n) is 4.54. The molecule has 0 aromatic carbocycles. The molecule has 0 spiro atoms. The minimum atomic E-state index is 0.977. The van der Waals surface area contributed by atoms with Gasteiger partial charge in [0.25, 0.3) is 0 Å². The van der Waals surface area contributed by atoms with Crippen LogP contribution in [0.3, 0.4) is 0 Å². The van der Waals surface area contributed by atoms with Crippen molar-refractivity contribution in [1.82, 2.24) is 0 Å². The van der Waals surface area contributed by atoms with Crippen LogP contribution in [0.2, 0.25) is 0 Å². The molecule has 0 nitrogen and oxygen atoms in total. The van der Waals surface area contributed by atoms with Crippen LogP contribution in [-0.4, -0.2) is 0 Å². The Bertz CT molecular complexity index is 126. The van der Waals surface area contributed by atoms with Crippen LogP contribution in [0.25, 0.3) is 0 Å². The topological polar surface area (TPSA) is 0 Å². The summed E-state index contributed by atoms with van der Waals surface area (Å²) in [6.07, 6.45) is 10.7. The fourth-order valence-electron chi connectivity index (χ4n) is 1.88. The van der Waals surface area contributed by atoms with Gasteiger partial charge < -0.3 is 0 Å². The van der Waals surface area contributed by atoms with Crippen LogP contribution in [0.4, 0.5) is 0 Å². The number of allylic oxidation sites excluding steroid dienone is 2. The molecule has 0 saturated heterocycles. The fourth-order valence-corrected chi connectivity index (χ4v) is 1.88. The van der Waals surface area contributed by atoms with Crippen LogP contribution < -0.4 is 0 Å². The van der Waals surface area contributed by atoms with Gasteiger partial charge in [-0.3, -0.25) is 0 Å². The van der Waals surface area contributed by atoms with Crippen LogP contribution in [-0.2, 0) is 0 Å². The Labute approximate surface area is 63.3 Å². The quantitative estimate of drug-likeness (QED) is 0.523. The first kappa shape index (κ1) is 6.45. The molecule has 0 heteroatoms. The third kappa shape index (κ3) is 1.25. The Morgan fingerprint density at radius 2 is 1.60 bits per heavy atom. The van der Waals surface area contributed by atoms with Gasteiger partial charge in [0.1, 0.15) is 0 Å². The SMILES string of the molecule is CC=CC(C1CC1)C1CC1. The average Bonchev–Trinajstić information content (AvgIpc) is 2.77. The Balaban J connectivity index is 1.92. The largest absolute Gasteiger partial charge is 0.0914 e. The van der Waals surface area contributed by atoms with Crippen molar-refractivity contribution in [2.75, 3.05) is 0 Å². The van der Waals surface area contributed by atoms with Crippen molar-refractivity contribution >= 4 is 0 Å². The van der Waals surface area contributed by atoms with Crippen molar-refractivity contribution in [2.24, 2.45) is 17.8 Å². The van der Waals surface area contributed by atoms with Crippen LogP contribution in [0.15, 0.2) is 12.2 Å². The van der Waals surface area contributed by atoms with Gasteiger partial charge in [0.05, 0.1) is 0 Å². The minimum Gasteiger partial charge on any atom is -0.0914 e. The summed E-state index contributed by atoms with van der Waals surface area (Å²) in [6, 6.07) is 0. The lowest BCUT2D eigenvalue weighted by Gasteiger charge is -2.07. The molecule has 2 aliphatic rings. The van der Waals surface area contributed by atoms with E-state index < -0.39 is 0 Å². The molecule has 0 unspecified atom stereocenters. The Morgan fingerprint density at radius 3 is 1.90 bits per heavy atom. The van der Waals surface area contributed by atoms with E-state index in [2.05, 4.69) is 19.1 Å². The monoisotopic (exact) mass is 136 g/mol. The molecule has 10 heavy (non-hydrogen) atoms. The van der Waals surface area contributed by atoms with Crippen LogP contribution >= 0.6 is 0 Å². The van der Waals surface area contributed by atoms with E-state index in [4.69, 9.17) is 0 Å². The van der Waals surface area contributed by atoms with Gasteiger partial charge in [0.15, 0.2) is 0 Å². The van der Waals surface area contributed by atoms with Gasteiger partial charge in [-0.05, 0) is 50.4 Å². The van der Waals surface area contributed by atoms with E-state index in [0.717, 1.165) is 17.8 Å². The smallest absolute Gasteiger partial charge is 0.0177 e. The molecule has 0 aromatic heterocycles. The van der Waals surface area contributed by atoms with Crippen molar-refractivity contribution in [3.05, 3.63) is 12.2 Å². The van der Waals surface area contributed by atoms with Gasteiger partial charge >= 0.3 is 0 Å². The first-order valence-corrected chi connectivity index (χ1v) is 4.54. The second kappa shape index (κ2) is 2.41. The maximum atomic E-state index is 2.44. The highest BCUT2D eigenvalue weighted by molar-refractivity contribution is 5.01. The van der Waals surface area contributed by atoms with Gasteiger partial charge in [-0.15, -0.1) is 0 Å². The van der Waals surface area contributed by atoms with Crippen LogP contribution in [0.5, 0.6) is 0 Å². The van der Waals surface area contributed by atoms with Gasteiger partial charge in [0.2, 0.25) is 0 Å². The van der Waals surface area contributed by atoms with E-state index in [1.54, 1.807) is 0 Å².